The molecule has 0 radical (unpaired) electrons. The first-order valence-corrected chi connectivity index (χ1v) is 9.89. The predicted octanol–water partition coefficient (Wildman–Crippen LogP) is 3.35. The highest BCUT2D eigenvalue weighted by atomic mass is 32.1. The lowest BCUT2D eigenvalue weighted by Gasteiger charge is -2.13. The number of β-amino-alcohol motifs (C(OH)–C–C–N with tert-alkyl or cyclic N) is 1. The molecule has 0 bridgehead atoms. The van der Waals surface area contributed by atoms with Gasteiger partial charge in [0.15, 0.2) is 11.5 Å². The van der Waals surface area contributed by atoms with Gasteiger partial charge in [-0.25, -0.2) is 0 Å². The zero-order chi connectivity index (χ0) is 18.4. The number of likely N-dealkylation sites (tertiary alicyclic amines) is 1. The Hall–Kier alpha value is -2.01. The summed E-state index contributed by atoms with van der Waals surface area (Å²) in [4.78, 5) is 15.3. The van der Waals surface area contributed by atoms with Crippen LogP contribution in [0.3, 0.4) is 0 Å². The quantitative estimate of drug-likeness (QED) is 0.535. The first kappa shape index (κ1) is 18.8. The van der Waals surface area contributed by atoms with Crippen LogP contribution >= 0.6 is 11.3 Å². The average Bonchev–Trinajstić information content (AvgIpc) is 3.37. The van der Waals surface area contributed by atoms with E-state index in [2.05, 4.69) is 16.1 Å². The summed E-state index contributed by atoms with van der Waals surface area (Å²) >= 11 is 1.56. The summed E-state index contributed by atoms with van der Waals surface area (Å²) in [5, 5.41) is 24.5. The molecule has 2 aromatic heterocycles. The fourth-order valence-corrected chi connectivity index (χ4v) is 3.89. The summed E-state index contributed by atoms with van der Waals surface area (Å²) in [6.45, 7) is 2.15. The Kier molecular flexibility index (Phi) is 6.56. The van der Waals surface area contributed by atoms with Gasteiger partial charge in [0.2, 0.25) is 0 Å². The van der Waals surface area contributed by atoms with E-state index >= 15 is 0 Å². The van der Waals surface area contributed by atoms with Gasteiger partial charge in [0.05, 0.1) is 23.0 Å². The maximum absolute atomic E-state index is 12.2. The molecule has 26 heavy (non-hydrogen) atoms. The Labute approximate surface area is 157 Å². The highest BCUT2D eigenvalue weighted by molar-refractivity contribution is 7.13. The topological polar surface area (TPSA) is 90.4 Å². The molecule has 0 saturated carbocycles. The lowest BCUT2D eigenvalue weighted by atomic mass is 10.1. The van der Waals surface area contributed by atoms with Gasteiger partial charge in [0, 0.05) is 25.6 Å². The van der Waals surface area contributed by atoms with Crippen LogP contribution in [0.5, 0.6) is 0 Å². The number of hydrogen-bond acceptors (Lipinski definition) is 7. The minimum atomic E-state index is -0.515. The highest BCUT2D eigenvalue weighted by Crippen LogP contribution is 2.25. The molecule has 0 amide bonds. The van der Waals surface area contributed by atoms with Crippen LogP contribution in [0.4, 0.5) is 0 Å². The number of thiophene rings is 1. The number of hydrogen-bond donors (Lipinski definition) is 1. The molecule has 0 aromatic carbocycles. The molecular weight excluding hydrogens is 350 g/mol. The largest absolute Gasteiger partial charge is 0.390 e. The average molecular weight is 373 g/mol. The van der Waals surface area contributed by atoms with Crippen molar-refractivity contribution in [3.05, 3.63) is 29.3 Å². The zero-order valence-corrected chi connectivity index (χ0v) is 15.5. The normalized spacial score (nSPS) is 20.3. The lowest BCUT2D eigenvalue weighted by Crippen LogP contribution is -2.23. The van der Waals surface area contributed by atoms with Crippen molar-refractivity contribution in [1.82, 2.24) is 10.1 Å². The van der Waals surface area contributed by atoms with Crippen LogP contribution < -0.4 is 0 Å². The molecule has 7 heteroatoms. The first-order chi connectivity index (χ1) is 12.7. The molecule has 0 aliphatic carbocycles. The van der Waals surface area contributed by atoms with E-state index in [4.69, 9.17) is 9.78 Å². The second kappa shape index (κ2) is 9.08. The summed E-state index contributed by atoms with van der Waals surface area (Å²) in [6, 6.07) is 7.75. The van der Waals surface area contributed by atoms with Gasteiger partial charge in [-0.05, 0) is 30.8 Å². The van der Waals surface area contributed by atoms with Crippen LogP contribution in [0.15, 0.2) is 28.1 Å². The standard InChI is InChI=1S/C19H23N3O3S/c20-11-14-12-22(13-17(14)24)8-4-2-1-3-6-16(23)15-10-18(25-21-15)19-7-5-9-26-19/h5,7,9-10,14,17,24H,1-4,6,8,12-13H2/t14-,17+/m1/s1. The molecule has 2 atom stereocenters. The number of unbranched alkanes of at least 4 members (excludes halogenated alkanes) is 3. The second-order valence-electron chi connectivity index (χ2n) is 6.70. The van der Waals surface area contributed by atoms with Gasteiger partial charge < -0.3 is 9.63 Å². The van der Waals surface area contributed by atoms with E-state index in [1.165, 1.54) is 0 Å². The molecule has 1 aliphatic heterocycles. The Morgan fingerprint density at radius 3 is 2.96 bits per heavy atom. The molecule has 6 nitrogen and oxygen atoms in total. The Morgan fingerprint density at radius 2 is 2.23 bits per heavy atom. The van der Waals surface area contributed by atoms with E-state index in [1.54, 1.807) is 17.4 Å². The Balaban J connectivity index is 1.31. The van der Waals surface area contributed by atoms with E-state index in [0.29, 0.717) is 31.0 Å². The summed E-state index contributed by atoms with van der Waals surface area (Å²) < 4.78 is 5.25. The molecule has 3 heterocycles. The van der Waals surface area contributed by atoms with Crippen molar-refractivity contribution >= 4 is 17.1 Å². The molecule has 0 unspecified atom stereocenters. The van der Waals surface area contributed by atoms with Crippen LogP contribution in [0, 0.1) is 17.2 Å². The van der Waals surface area contributed by atoms with Crippen molar-refractivity contribution < 1.29 is 14.4 Å². The van der Waals surface area contributed by atoms with E-state index < -0.39 is 6.10 Å². The fraction of sp³-hybridized carbons (Fsp3) is 0.526. The number of Topliss-reactive ketones (excluding diaryl/α,β-unsaturated/α-hetero) is 1. The summed E-state index contributed by atoms with van der Waals surface area (Å²) in [5.74, 6) is 0.414. The third-order valence-electron chi connectivity index (χ3n) is 4.72. The van der Waals surface area contributed by atoms with Crippen LogP contribution in [0.1, 0.15) is 42.6 Å². The minimum Gasteiger partial charge on any atom is -0.390 e. The van der Waals surface area contributed by atoms with Gasteiger partial charge in [0.1, 0.15) is 5.69 Å². The summed E-state index contributed by atoms with van der Waals surface area (Å²) in [7, 11) is 0. The van der Waals surface area contributed by atoms with Crippen molar-refractivity contribution in [2.45, 2.75) is 38.2 Å². The van der Waals surface area contributed by atoms with E-state index in [9.17, 15) is 9.90 Å². The molecule has 1 saturated heterocycles. The number of aliphatic hydroxyl groups is 1. The molecule has 3 rings (SSSR count). The third-order valence-corrected chi connectivity index (χ3v) is 5.60. The maximum Gasteiger partial charge on any atom is 0.184 e. The smallest absolute Gasteiger partial charge is 0.184 e. The number of nitrogens with zero attached hydrogens (tertiary/aromatic N) is 3. The van der Waals surface area contributed by atoms with Crippen LogP contribution in [-0.4, -0.2) is 46.7 Å². The number of rotatable bonds is 9. The van der Waals surface area contributed by atoms with Crippen molar-refractivity contribution in [3.8, 4) is 16.7 Å². The number of carbonyl (C=O) groups excluding carboxylic acids is 1. The van der Waals surface area contributed by atoms with Crippen molar-refractivity contribution in [1.29, 1.82) is 5.26 Å². The molecule has 138 valence electrons. The molecule has 1 fully saturated rings. The SMILES string of the molecule is N#C[C@@H]1CN(CCCCCCC(=O)c2cc(-c3cccs3)on2)C[C@@H]1O. The van der Waals surface area contributed by atoms with Crippen LogP contribution in [0.2, 0.25) is 0 Å². The number of aliphatic hydroxyl groups excluding tert-OH is 1. The summed E-state index contributed by atoms with van der Waals surface area (Å²) in [5.41, 5.74) is 0.405. The van der Waals surface area contributed by atoms with Crippen molar-refractivity contribution in [2.75, 3.05) is 19.6 Å². The Morgan fingerprint density at radius 1 is 1.38 bits per heavy atom. The molecule has 1 aliphatic rings. The van der Waals surface area contributed by atoms with Crippen molar-refractivity contribution in [3.63, 3.8) is 0 Å². The van der Waals surface area contributed by atoms with Gasteiger partial charge in [-0.3, -0.25) is 9.69 Å². The van der Waals surface area contributed by atoms with Gasteiger partial charge in [-0.2, -0.15) is 5.26 Å². The molecular formula is C19H23N3O3S. The third kappa shape index (κ3) is 4.79. The monoisotopic (exact) mass is 373 g/mol. The fourth-order valence-electron chi connectivity index (χ4n) is 3.22. The molecule has 0 spiro atoms. The minimum absolute atomic E-state index is 0.0242. The van der Waals surface area contributed by atoms with Crippen LogP contribution in [-0.2, 0) is 0 Å². The zero-order valence-electron chi connectivity index (χ0n) is 14.6. The van der Waals surface area contributed by atoms with Crippen LogP contribution in [0.25, 0.3) is 10.6 Å². The van der Waals surface area contributed by atoms with E-state index in [1.807, 2.05) is 17.5 Å². The number of aromatic nitrogens is 1. The first-order valence-electron chi connectivity index (χ1n) is 9.01. The van der Waals surface area contributed by atoms with E-state index in [-0.39, 0.29) is 11.7 Å². The van der Waals surface area contributed by atoms with Crippen molar-refractivity contribution in [2.24, 2.45) is 5.92 Å². The predicted molar refractivity (Wildman–Crippen MR) is 98.8 cm³/mol. The van der Waals surface area contributed by atoms with Gasteiger partial charge >= 0.3 is 0 Å². The molecule has 2 aromatic rings. The maximum atomic E-state index is 12.2. The van der Waals surface area contributed by atoms with Gasteiger partial charge in [0.25, 0.3) is 0 Å². The Bertz CT molecular complexity index is 750. The summed E-state index contributed by atoms with van der Waals surface area (Å²) in [6.07, 6.45) is 3.85. The number of carbonyl (C=O) groups is 1. The number of nitriles is 1. The number of ketones is 1. The molecule has 1 N–H and O–H groups in total. The van der Waals surface area contributed by atoms with Gasteiger partial charge in [-0.15, -0.1) is 11.3 Å². The highest BCUT2D eigenvalue weighted by Gasteiger charge is 2.30. The lowest BCUT2D eigenvalue weighted by molar-refractivity contribution is 0.0970. The van der Waals surface area contributed by atoms with Gasteiger partial charge in [-0.1, -0.05) is 24.1 Å². The second-order valence-corrected chi connectivity index (χ2v) is 7.65. The van der Waals surface area contributed by atoms with E-state index in [0.717, 1.165) is 37.1 Å².